The maximum atomic E-state index is 8.55. The SMILES string of the molecule is O=P([O-])([O-])[O-].[Mg+2].[NH2-].[Sr+2]. The number of hydrogen-bond acceptors (Lipinski definition) is 4. The van der Waals surface area contributed by atoms with E-state index in [1.165, 1.54) is 0 Å². The zero-order valence-electron chi connectivity index (χ0n) is 4.07. The Morgan fingerprint density at radius 3 is 1.12 bits per heavy atom. The standard InChI is InChI=1S/Mg.H2N.H3O4P.Sr/c;;1-5(2,3)4;/h;1H2;(H3,1,2,3,4);/q+2;-1;;+2/p-3. The fraction of sp³-hybridized carbons (Fsp3) is 0. The Kier molecular flexibility index (Phi) is 26.1. The van der Waals surface area contributed by atoms with Gasteiger partial charge in [-0.1, -0.05) is 0 Å². The van der Waals surface area contributed by atoms with E-state index in [4.69, 9.17) is 19.2 Å². The van der Waals surface area contributed by atoms with Crippen molar-refractivity contribution in [3.05, 3.63) is 6.15 Å². The molecule has 8 heteroatoms. The second kappa shape index (κ2) is 9.32. The van der Waals surface area contributed by atoms with E-state index in [1.807, 2.05) is 0 Å². The van der Waals surface area contributed by atoms with Crippen LogP contribution in [0.2, 0.25) is 0 Å². The summed E-state index contributed by atoms with van der Waals surface area (Å²) in [6.07, 6.45) is 0. The minimum atomic E-state index is -5.39. The van der Waals surface area contributed by atoms with Gasteiger partial charge in [-0.3, -0.25) is 0 Å². The summed E-state index contributed by atoms with van der Waals surface area (Å²) >= 11 is 0. The quantitative estimate of drug-likeness (QED) is 0.323. The Morgan fingerprint density at radius 2 is 1.12 bits per heavy atom. The molecule has 0 radical (unpaired) electrons. The zero-order valence-corrected chi connectivity index (χ0v) is 9.86. The molecular formula is H2MgNO4PSr. The van der Waals surface area contributed by atoms with Crippen LogP contribution in [0.4, 0.5) is 0 Å². The van der Waals surface area contributed by atoms with Gasteiger partial charge in [-0.15, -0.1) is 0 Å². The molecule has 0 heterocycles. The third-order valence-electron chi connectivity index (χ3n) is 0. The second-order valence-corrected chi connectivity index (χ2v) is 1.34. The van der Waals surface area contributed by atoms with Crippen LogP contribution in [-0.4, -0.2) is 68.5 Å². The average molecular weight is 223 g/mol. The molecule has 0 aromatic carbocycles. The van der Waals surface area contributed by atoms with Gasteiger partial charge in [0.1, 0.15) is 0 Å². The van der Waals surface area contributed by atoms with Gasteiger partial charge in [0.15, 0.2) is 0 Å². The van der Waals surface area contributed by atoms with Gasteiger partial charge >= 0.3 is 68.5 Å². The molecule has 5 nitrogen and oxygen atoms in total. The maximum Gasteiger partial charge on any atom is 2.00 e. The molecule has 0 amide bonds. The number of nitrogens with two attached hydrogens (primary N) is 1. The molecule has 0 fully saturated rings. The molecule has 0 aromatic heterocycles. The van der Waals surface area contributed by atoms with Gasteiger partial charge in [0.2, 0.25) is 0 Å². The van der Waals surface area contributed by atoms with E-state index < -0.39 is 7.82 Å². The van der Waals surface area contributed by atoms with Crippen molar-refractivity contribution in [2.75, 3.05) is 0 Å². The molecule has 0 aliphatic heterocycles. The van der Waals surface area contributed by atoms with Crippen molar-refractivity contribution in [2.45, 2.75) is 0 Å². The predicted molar refractivity (Wildman–Crippen MR) is 24.4 cm³/mol. The van der Waals surface area contributed by atoms with Crippen molar-refractivity contribution in [1.82, 2.24) is 0 Å². The monoisotopic (exact) mass is 223 g/mol. The summed E-state index contributed by atoms with van der Waals surface area (Å²) in [6, 6.07) is 0. The summed E-state index contributed by atoms with van der Waals surface area (Å²) in [6.45, 7) is 0. The van der Waals surface area contributed by atoms with Gasteiger partial charge in [-0.05, 0) is 0 Å². The first-order chi connectivity index (χ1) is 2.00. The first kappa shape index (κ1) is 22.4. The summed E-state index contributed by atoms with van der Waals surface area (Å²) < 4.78 is 8.55. The van der Waals surface area contributed by atoms with Gasteiger partial charge in [0.05, 0.1) is 0 Å². The number of hydrogen-bond donors (Lipinski definition) is 0. The van der Waals surface area contributed by atoms with Crippen molar-refractivity contribution in [3.63, 3.8) is 0 Å². The fourth-order valence-corrected chi connectivity index (χ4v) is 0. The van der Waals surface area contributed by atoms with Gasteiger partial charge in [0.25, 0.3) is 0 Å². The molecule has 0 spiro atoms. The van der Waals surface area contributed by atoms with Gasteiger partial charge in [-0.25, -0.2) is 0 Å². The van der Waals surface area contributed by atoms with E-state index in [1.54, 1.807) is 0 Å². The molecule has 0 rings (SSSR count). The first-order valence-corrected chi connectivity index (χ1v) is 2.19. The van der Waals surface area contributed by atoms with E-state index in [2.05, 4.69) is 0 Å². The molecule has 8 heavy (non-hydrogen) atoms. The normalized spacial score (nSPS) is 7.38. The van der Waals surface area contributed by atoms with Crippen molar-refractivity contribution < 1.29 is 19.2 Å². The first-order valence-electron chi connectivity index (χ1n) is 0.730. The molecule has 0 aliphatic rings. The van der Waals surface area contributed by atoms with Crippen LogP contribution in [0.3, 0.4) is 0 Å². The van der Waals surface area contributed by atoms with Gasteiger partial charge in [-0.2, -0.15) is 7.82 Å². The van der Waals surface area contributed by atoms with Crippen molar-refractivity contribution in [3.8, 4) is 0 Å². The Hall–Kier alpha value is 2.32. The van der Waals surface area contributed by atoms with Crippen LogP contribution in [-0.2, 0) is 4.57 Å². The van der Waals surface area contributed by atoms with E-state index >= 15 is 0 Å². The van der Waals surface area contributed by atoms with Crippen LogP contribution in [0.15, 0.2) is 0 Å². The molecule has 0 saturated heterocycles. The summed E-state index contributed by atoms with van der Waals surface area (Å²) in [4.78, 5) is 25.6. The van der Waals surface area contributed by atoms with Crippen LogP contribution < -0.4 is 14.7 Å². The second-order valence-electron chi connectivity index (χ2n) is 0.447. The van der Waals surface area contributed by atoms with Crippen molar-refractivity contribution in [2.24, 2.45) is 0 Å². The number of rotatable bonds is 0. The molecule has 0 unspecified atom stereocenters. The van der Waals surface area contributed by atoms with Gasteiger partial charge < -0.3 is 25.4 Å². The van der Waals surface area contributed by atoms with E-state index in [0.29, 0.717) is 0 Å². The maximum absolute atomic E-state index is 8.55. The molecule has 0 atom stereocenters. The third kappa shape index (κ3) is 83.0. The molecule has 0 saturated carbocycles. The summed E-state index contributed by atoms with van der Waals surface area (Å²) in [7, 11) is -5.39. The van der Waals surface area contributed by atoms with Crippen LogP contribution >= 0.6 is 7.82 Å². The van der Waals surface area contributed by atoms with Crippen LogP contribution in [0.5, 0.6) is 0 Å². The predicted octanol–water partition coefficient (Wildman–Crippen LogP) is -2.87. The molecule has 0 bridgehead atoms. The summed E-state index contributed by atoms with van der Waals surface area (Å²) in [5.74, 6) is 0. The molecule has 0 aliphatic carbocycles. The molecular weight excluding hydrogens is 221 g/mol. The zero-order chi connectivity index (χ0) is 4.50. The Labute approximate surface area is 100 Å². The molecule has 2 N–H and O–H groups in total. The smallest absolute Gasteiger partial charge is 0.822 e. The van der Waals surface area contributed by atoms with Crippen molar-refractivity contribution in [1.29, 1.82) is 0 Å². The molecule has 0 aromatic rings. The van der Waals surface area contributed by atoms with E-state index in [9.17, 15) is 0 Å². The van der Waals surface area contributed by atoms with E-state index in [0.717, 1.165) is 0 Å². The van der Waals surface area contributed by atoms with Crippen LogP contribution in [0.25, 0.3) is 6.15 Å². The number of phosphoric acid groups is 1. The Balaban J connectivity index is -0.0000000267. The van der Waals surface area contributed by atoms with Crippen LogP contribution in [0.1, 0.15) is 0 Å². The minimum Gasteiger partial charge on any atom is -0.822 e. The van der Waals surface area contributed by atoms with E-state index in [-0.39, 0.29) is 74.7 Å². The summed E-state index contributed by atoms with van der Waals surface area (Å²) in [5, 5.41) is 0. The van der Waals surface area contributed by atoms with Crippen LogP contribution in [0, 0.1) is 0 Å². The average Bonchev–Trinajstić information content (AvgIpc) is 0.722. The van der Waals surface area contributed by atoms with Crippen molar-refractivity contribution >= 4 is 76.4 Å². The Morgan fingerprint density at radius 1 is 1.12 bits per heavy atom. The Bertz CT molecular complexity index is 62.2. The minimum absolute atomic E-state index is 0. The van der Waals surface area contributed by atoms with Gasteiger partial charge in [0, 0.05) is 0 Å². The largest absolute Gasteiger partial charge is 2.00 e. The fourth-order valence-electron chi connectivity index (χ4n) is 0. The third-order valence-corrected chi connectivity index (χ3v) is 0. The topological polar surface area (TPSA) is 120 Å². The molecule has 40 valence electrons. The summed E-state index contributed by atoms with van der Waals surface area (Å²) in [5.41, 5.74) is 0.